The first-order valence-corrected chi connectivity index (χ1v) is 6.38. The Hall–Kier alpha value is -1.58. The van der Waals surface area contributed by atoms with Crippen LogP contribution in [0.15, 0.2) is 12.3 Å². The number of nitrogens with zero attached hydrogens (tertiary/aromatic N) is 1. The molecule has 4 heteroatoms. The topological polar surface area (TPSA) is 54.0 Å². The highest BCUT2D eigenvalue weighted by atomic mass is 16.1. The lowest BCUT2D eigenvalue weighted by atomic mass is 9.98. The lowest BCUT2D eigenvalue weighted by Gasteiger charge is -2.17. The lowest BCUT2D eigenvalue weighted by Crippen LogP contribution is -2.30. The Morgan fingerprint density at radius 2 is 2.06 bits per heavy atom. The van der Waals surface area contributed by atoms with Crippen LogP contribution >= 0.6 is 0 Å². The highest BCUT2D eigenvalue weighted by Gasteiger charge is 2.13. The van der Waals surface area contributed by atoms with Crippen LogP contribution in [0.4, 0.5) is 5.69 Å². The van der Waals surface area contributed by atoms with Crippen molar-refractivity contribution in [3.63, 3.8) is 0 Å². The molecule has 0 aromatic carbocycles. The number of hydrogen-bond donors (Lipinski definition) is 2. The number of nitrogens with one attached hydrogen (secondary N) is 2. The van der Waals surface area contributed by atoms with Crippen LogP contribution in [-0.4, -0.2) is 24.5 Å². The number of aromatic nitrogens is 1. The number of hydrogen-bond acceptors (Lipinski definition) is 3. The molecule has 1 rings (SSSR count). The van der Waals surface area contributed by atoms with Crippen molar-refractivity contribution in [1.29, 1.82) is 0 Å². The molecule has 1 heterocycles. The normalized spacial score (nSPS) is 12.3. The molecule has 100 valence electrons. The molecule has 1 atom stereocenters. The fraction of sp³-hybridized carbons (Fsp3) is 0.571. The second-order valence-electron chi connectivity index (χ2n) is 5.05. The molecular formula is C14H23N3O. The Labute approximate surface area is 109 Å². The maximum atomic E-state index is 12.1. The van der Waals surface area contributed by atoms with E-state index in [0.29, 0.717) is 23.9 Å². The quantitative estimate of drug-likeness (QED) is 0.842. The minimum absolute atomic E-state index is 0.0700. The third-order valence-electron chi connectivity index (χ3n) is 3.28. The summed E-state index contributed by atoms with van der Waals surface area (Å²) in [6.45, 7) is 9.04. The molecule has 18 heavy (non-hydrogen) atoms. The van der Waals surface area contributed by atoms with E-state index in [1.807, 2.05) is 20.0 Å². The van der Waals surface area contributed by atoms with Gasteiger partial charge < -0.3 is 10.6 Å². The zero-order valence-corrected chi connectivity index (χ0v) is 11.9. The van der Waals surface area contributed by atoms with Gasteiger partial charge in [-0.15, -0.1) is 0 Å². The first-order valence-electron chi connectivity index (χ1n) is 6.38. The molecule has 1 aromatic heterocycles. The van der Waals surface area contributed by atoms with Gasteiger partial charge in [0.2, 0.25) is 0 Å². The Morgan fingerprint density at radius 1 is 1.39 bits per heavy atom. The molecule has 2 N–H and O–H groups in total. The Balaban J connectivity index is 2.72. The van der Waals surface area contributed by atoms with Gasteiger partial charge >= 0.3 is 0 Å². The van der Waals surface area contributed by atoms with Gasteiger partial charge in [0, 0.05) is 25.5 Å². The second-order valence-corrected chi connectivity index (χ2v) is 5.05. The third-order valence-corrected chi connectivity index (χ3v) is 3.28. The summed E-state index contributed by atoms with van der Waals surface area (Å²) in [5.41, 5.74) is 2.31. The predicted molar refractivity (Wildman–Crippen MR) is 74.9 cm³/mol. The molecule has 4 nitrogen and oxygen atoms in total. The molecule has 0 saturated carbocycles. The Morgan fingerprint density at radius 3 is 2.61 bits per heavy atom. The fourth-order valence-corrected chi connectivity index (χ4v) is 1.53. The van der Waals surface area contributed by atoms with E-state index < -0.39 is 0 Å². The molecule has 1 unspecified atom stereocenters. The van der Waals surface area contributed by atoms with Gasteiger partial charge in [-0.05, 0) is 24.8 Å². The molecule has 1 amide bonds. The van der Waals surface area contributed by atoms with Crippen molar-refractivity contribution >= 4 is 11.6 Å². The van der Waals surface area contributed by atoms with Crippen molar-refractivity contribution in [2.45, 2.75) is 27.7 Å². The van der Waals surface area contributed by atoms with Gasteiger partial charge in [-0.2, -0.15) is 0 Å². The van der Waals surface area contributed by atoms with Crippen molar-refractivity contribution in [2.75, 3.05) is 18.9 Å². The van der Waals surface area contributed by atoms with Crippen LogP contribution < -0.4 is 10.6 Å². The number of carbonyl (C=O) groups excluding carboxylic acids is 1. The van der Waals surface area contributed by atoms with Crippen molar-refractivity contribution in [2.24, 2.45) is 11.8 Å². The van der Waals surface area contributed by atoms with E-state index in [9.17, 15) is 4.79 Å². The second kappa shape index (κ2) is 6.38. The number of carbonyl (C=O) groups is 1. The predicted octanol–water partition coefficient (Wildman–Crippen LogP) is 2.45. The summed E-state index contributed by atoms with van der Waals surface area (Å²) >= 11 is 0. The summed E-state index contributed by atoms with van der Waals surface area (Å²) in [5.74, 6) is 0.954. The first kappa shape index (κ1) is 14.5. The monoisotopic (exact) mass is 249 g/mol. The van der Waals surface area contributed by atoms with Gasteiger partial charge in [0.25, 0.3) is 5.91 Å². The fourth-order valence-electron chi connectivity index (χ4n) is 1.53. The van der Waals surface area contributed by atoms with Crippen LogP contribution in [0.25, 0.3) is 0 Å². The molecular weight excluding hydrogens is 226 g/mol. The van der Waals surface area contributed by atoms with E-state index in [4.69, 9.17) is 0 Å². The lowest BCUT2D eigenvalue weighted by molar-refractivity contribution is 0.0945. The van der Waals surface area contributed by atoms with Crippen molar-refractivity contribution in [3.05, 3.63) is 23.5 Å². The number of rotatable bonds is 5. The van der Waals surface area contributed by atoms with Gasteiger partial charge in [0.1, 0.15) is 0 Å². The van der Waals surface area contributed by atoms with E-state index in [1.54, 1.807) is 6.20 Å². The van der Waals surface area contributed by atoms with Crippen LogP contribution in [0.3, 0.4) is 0 Å². The molecule has 0 aliphatic rings. The smallest absolute Gasteiger partial charge is 0.254 e. The van der Waals surface area contributed by atoms with Crippen molar-refractivity contribution in [1.82, 2.24) is 10.3 Å². The Bertz CT molecular complexity index is 416. The first-order chi connectivity index (χ1) is 8.45. The summed E-state index contributed by atoms with van der Waals surface area (Å²) in [6.07, 6.45) is 1.62. The number of amides is 1. The van der Waals surface area contributed by atoms with Crippen LogP contribution in [-0.2, 0) is 0 Å². The molecule has 1 aromatic rings. The van der Waals surface area contributed by atoms with E-state index in [1.165, 1.54) is 0 Å². The van der Waals surface area contributed by atoms with Gasteiger partial charge in [0.05, 0.1) is 11.3 Å². The zero-order chi connectivity index (χ0) is 13.7. The van der Waals surface area contributed by atoms with Gasteiger partial charge in [-0.1, -0.05) is 20.8 Å². The molecule has 0 radical (unpaired) electrons. The summed E-state index contributed by atoms with van der Waals surface area (Å²) in [6, 6.07) is 1.88. The molecule has 0 fully saturated rings. The molecule has 0 aliphatic carbocycles. The number of pyridine rings is 1. The maximum absolute atomic E-state index is 12.1. The van der Waals surface area contributed by atoms with Crippen LogP contribution in [0.2, 0.25) is 0 Å². The van der Waals surface area contributed by atoms with E-state index in [0.717, 1.165) is 11.4 Å². The maximum Gasteiger partial charge on any atom is 0.254 e. The average Bonchev–Trinajstić information content (AvgIpc) is 2.34. The SMILES string of the molecule is CNc1cc(C)ncc1C(=O)NCC(C)C(C)C. The highest BCUT2D eigenvalue weighted by molar-refractivity contribution is 5.99. The van der Waals surface area contributed by atoms with Crippen molar-refractivity contribution in [3.8, 4) is 0 Å². The van der Waals surface area contributed by atoms with Crippen LogP contribution in [0.5, 0.6) is 0 Å². The standard InChI is InChI=1S/C14H23N3O/c1-9(2)10(3)7-17-14(18)12-8-16-11(4)6-13(12)15-5/h6,8-10H,7H2,1-5H3,(H,15,16)(H,17,18). The highest BCUT2D eigenvalue weighted by Crippen LogP contribution is 2.15. The van der Waals surface area contributed by atoms with Gasteiger partial charge in [0.15, 0.2) is 0 Å². The number of aryl methyl sites for hydroxylation is 1. The summed E-state index contributed by atoms with van der Waals surface area (Å²) in [5, 5.41) is 5.98. The minimum atomic E-state index is -0.0700. The van der Waals surface area contributed by atoms with Crippen molar-refractivity contribution < 1.29 is 4.79 Å². The zero-order valence-electron chi connectivity index (χ0n) is 11.9. The molecule has 0 spiro atoms. The van der Waals surface area contributed by atoms with Crippen LogP contribution in [0.1, 0.15) is 36.8 Å². The summed E-state index contributed by atoms with van der Waals surface area (Å²) in [7, 11) is 1.81. The van der Waals surface area contributed by atoms with E-state index in [2.05, 4.69) is 36.4 Å². The largest absolute Gasteiger partial charge is 0.387 e. The summed E-state index contributed by atoms with van der Waals surface area (Å²) < 4.78 is 0. The number of anilines is 1. The van der Waals surface area contributed by atoms with E-state index >= 15 is 0 Å². The molecule has 0 aliphatic heterocycles. The average molecular weight is 249 g/mol. The molecule has 0 saturated heterocycles. The third kappa shape index (κ3) is 3.72. The molecule has 0 bridgehead atoms. The Kier molecular flexibility index (Phi) is 5.13. The summed E-state index contributed by atoms with van der Waals surface area (Å²) in [4.78, 5) is 16.2. The van der Waals surface area contributed by atoms with Gasteiger partial charge in [-0.3, -0.25) is 9.78 Å². The van der Waals surface area contributed by atoms with Gasteiger partial charge in [-0.25, -0.2) is 0 Å². The van der Waals surface area contributed by atoms with Crippen LogP contribution in [0, 0.1) is 18.8 Å². The minimum Gasteiger partial charge on any atom is -0.387 e. The van der Waals surface area contributed by atoms with E-state index in [-0.39, 0.29) is 5.91 Å².